The standard InChI is InChI=1S/C30H29F9N4O5S/c1-2-27(40)14-21(20-13-17(28(31,32)33)5-6-23(20)43(27)26(45)46)25-41-15-24(49(47,48)8-4-3-7-44)22(42-25)11-16-9-18(29(34,35)36)12-19(10-16)30(37,38)39/h5-6,9-10,12-13,15,21,44H,2-4,7-8,11,14,40H2,1H3,(H,45,46)/t21-,27+/m0/s1. The van der Waals surface area contributed by atoms with Gasteiger partial charge in [-0.15, -0.1) is 0 Å². The predicted molar refractivity (Wildman–Crippen MR) is 155 cm³/mol. The van der Waals surface area contributed by atoms with Crippen molar-refractivity contribution in [3.05, 3.63) is 81.9 Å². The number of aromatic nitrogens is 2. The Labute approximate surface area is 273 Å². The van der Waals surface area contributed by atoms with Crippen molar-refractivity contribution in [3.8, 4) is 0 Å². The van der Waals surface area contributed by atoms with Crippen molar-refractivity contribution in [1.29, 1.82) is 0 Å². The summed E-state index contributed by atoms with van der Waals surface area (Å²) in [5.41, 5.74) is -1.58. The van der Waals surface area contributed by atoms with Crippen molar-refractivity contribution in [3.63, 3.8) is 0 Å². The van der Waals surface area contributed by atoms with Gasteiger partial charge in [-0.2, -0.15) is 39.5 Å². The number of rotatable bonds is 9. The number of nitrogens with two attached hydrogens (primary N) is 1. The number of benzene rings is 2. The number of halogens is 9. The van der Waals surface area contributed by atoms with Crippen molar-refractivity contribution in [2.24, 2.45) is 5.73 Å². The van der Waals surface area contributed by atoms with Gasteiger partial charge in [-0.1, -0.05) is 6.92 Å². The van der Waals surface area contributed by atoms with Gasteiger partial charge in [-0.25, -0.2) is 23.2 Å². The molecule has 2 aromatic carbocycles. The fourth-order valence-corrected chi connectivity index (χ4v) is 7.13. The highest BCUT2D eigenvalue weighted by molar-refractivity contribution is 7.91. The van der Waals surface area contributed by atoms with E-state index in [1.807, 2.05) is 0 Å². The zero-order chi connectivity index (χ0) is 36.7. The molecule has 0 spiro atoms. The third kappa shape index (κ3) is 8.09. The molecule has 4 N–H and O–H groups in total. The smallest absolute Gasteiger partial charge is 0.416 e. The van der Waals surface area contributed by atoms with E-state index in [0.29, 0.717) is 29.2 Å². The molecule has 0 bridgehead atoms. The van der Waals surface area contributed by atoms with Gasteiger partial charge in [0.1, 0.15) is 16.4 Å². The number of nitrogens with zero attached hydrogens (tertiary/aromatic N) is 3. The largest absolute Gasteiger partial charge is 0.465 e. The van der Waals surface area contributed by atoms with Gasteiger partial charge < -0.3 is 15.9 Å². The van der Waals surface area contributed by atoms with Gasteiger partial charge in [-0.3, -0.25) is 4.90 Å². The zero-order valence-electron chi connectivity index (χ0n) is 25.4. The number of carbonyl (C=O) groups is 1. The molecule has 49 heavy (non-hydrogen) atoms. The van der Waals surface area contributed by atoms with Crippen LogP contribution < -0.4 is 10.6 Å². The first-order chi connectivity index (χ1) is 22.5. The number of amides is 1. The van der Waals surface area contributed by atoms with Gasteiger partial charge in [0.25, 0.3) is 0 Å². The molecule has 1 amide bonds. The molecule has 3 aromatic rings. The summed E-state index contributed by atoms with van der Waals surface area (Å²) in [5, 5.41) is 19.1. The Kier molecular flexibility index (Phi) is 10.3. The fourth-order valence-electron chi connectivity index (χ4n) is 5.64. The quantitative estimate of drug-likeness (QED) is 0.162. The van der Waals surface area contributed by atoms with Gasteiger partial charge in [0.05, 0.1) is 33.8 Å². The Bertz CT molecular complexity index is 1800. The topological polar surface area (TPSA) is 147 Å². The molecule has 2 heterocycles. The molecule has 0 saturated heterocycles. The van der Waals surface area contributed by atoms with Crippen LogP contribution in [0, 0.1) is 0 Å². The maximum absolute atomic E-state index is 13.8. The molecule has 4 rings (SSSR count). The van der Waals surface area contributed by atoms with Crippen LogP contribution in [0.2, 0.25) is 0 Å². The summed E-state index contributed by atoms with van der Waals surface area (Å²) in [7, 11) is -4.38. The number of hydrogen-bond acceptors (Lipinski definition) is 7. The Hall–Kier alpha value is -3.97. The normalized spacial score (nSPS) is 18.8. The summed E-state index contributed by atoms with van der Waals surface area (Å²) in [4.78, 5) is 20.6. The van der Waals surface area contributed by atoms with E-state index in [9.17, 15) is 57.8 Å². The first-order valence-electron chi connectivity index (χ1n) is 14.5. The third-order valence-corrected chi connectivity index (χ3v) is 9.95. The Morgan fingerprint density at radius 3 is 2.06 bits per heavy atom. The summed E-state index contributed by atoms with van der Waals surface area (Å²) in [6.07, 6.45) is -17.7. The summed E-state index contributed by atoms with van der Waals surface area (Å²) in [6, 6.07) is 2.83. The Morgan fingerprint density at radius 1 is 0.959 bits per heavy atom. The molecular formula is C30H29F9N4O5S. The van der Waals surface area contributed by atoms with Crippen LogP contribution in [-0.4, -0.2) is 52.7 Å². The highest BCUT2D eigenvalue weighted by Crippen LogP contribution is 2.47. The predicted octanol–water partition coefficient (Wildman–Crippen LogP) is 6.76. The summed E-state index contributed by atoms with van der Waals surface area (Å²) < 4.78 is 150. The van der Waals surface area contributed by atoms with Crippen LogP contribution >= 0.6 is 0 Å². The van der Waals surface area contributed by atoms with E-state index in [1.54, 1.807) is 0 Å². The highest BCUT2D eigenvalue weighted by Gasteiger charge is 2.47. The molecule has 1 aromatic heterocycles. The van der Waals surface area contributed by atoms with Crippen molar-refractivity contribution >= 4 is 21.6 Å². The van der Waals surface area contributed by atoms with E-state index < -0.39 is 103 Å². The second-order valence-corrected chi connectivity index (χ2v) is 13.6. The van der Waals surface area contributed by atoms with E-state index in [0.717, 1.165) is 12.3 Å². The van der Waals surface area contributed by atoms with Crippen LogP contribution in [-0.2, 0) is 34.8 Å². The Morgan fingerprint density at radius 2 is 1.55 bits per heavy atom. The number of hydrogen-bond donors (Lipinski definition) is 3. The van der Waals surface area contributed by atoms with Gasteiger partial charge in [-0.05, 0) is 73.2 Å². The minimum absolute atomic E-state index is 0.0339. The molecule has 0 fully saturated rings. The van der Waals surface area contributed by atoms with Crippen LogP contribution in [0.15, 0.2) is 47.5 Å². The first kappa shape index (κ1) is 37.8. The second kappa shape index (κ2) is 13.4. The van der Waals surface area contributed by atoms with Crippen LogP contribution in [0.3, 0.4) is 0 Å². The van der Waals surface area contributed by atoms with Crippen LogP contribution in [0.5, 0.6) is 0 Å². The minimum Gasteiger partial charge on any atom is -0.465 e. The van der Waals surface area contributed by atoms with Gasteiger partial charge in [0.15, 0.2) is 9.84 Å². The van der Waals surface area contributed by atoms with Crippen LogP contribution in [0.1, 0.15) is 77.9 Å². The average molecular weight is 729 g/mol. The molecule has 0 aliphatic carbocycles. The maximum atomic E-state index is 13.8. The minimum atomic E-state index is -5.23. The average Bonchev–Trinajstić information content (AvgIpc) is 2.98. The molecule has 1 aliphatic heterocycles. The van der Waals surface area contributed by atoms with Crippen molar-refractivity contribution < 1.29 is 62.9 Å². The SMILES string of the molecule is CC[C@]1(N)C[C@H](c2ncc(S(=O)(=O)CCCCO)c(Cc3cc(C(F)(F)F)cc(C(F)(F)F)c3)n2)c2cc(C(F)(F)F)ccc2N1C(=O)O. The maximum Gasteiger partial charge on any atom is 0.416 e. The molecule has 1 aliphatic rings. The molecule has 9 nitrogen and oxygen atoms in total. The number of aliphatic hydroxyl groups is 1. The monoisotopic (exact) mass is 728 g/mol. The molecule has 268 valence electrons. The Balaban J connectivity index is 1.98. The van der Waals surface area contributed by atoms with E-state index in [1.165, 1.54) is 6.92 Å². The number of fused-ring (bicyclic) bond motifs is 1. The molecular weight excluding hydrogens is 699 g/mol. The first-order valence-corrected chi connectivity index (χ1v) is 16.2. The van der Waals surface area contributed by atoms with Crippen LogP contribution in [0.4, 0.5) is 50.0 Å². The van der Waals surface area contributed by atoms with Crippen molar-refractivity contribution in [2.75, 3.05) is 17.3 Å². The molecule has 19 heteroatoms. The lowest BCUT2D eigenvalue weighted by Gasteiger charge is -2.46. The molecule has 0 saturated carbocycles. The van der Waals surface area contributed by atoms with Gasteiger partial charge >= 0.3 is 24.6 Å². The summed E-state index contributed by atoms with van der Waals surface area (Å²) in [6.45, 7) is 1.12. The molecule has 0 radical (unpaired) electrons. The second-order valence-electron chi connectivity index (χ2n) is 11.5. The van der Waals surface area contributed by atoms with Crippen molar-refractivity contribution in [1.82, 2.24) is 9.97 Å². The van der Waals surface area contributed by atoms with Gasteiger partial charge in [0.2, 0.25) is 0 Å². The van der Waals surface area contributed by atoms with E-state index >= 15 is 0 Å². The lowest BCUT2D eigenvalue weighted by Crippen LogP contribution is -2.61. The number of sulfone groups is 1. The van der Waals surface area contributed by atoms with E-state index in [4.69, 9.17) is 10.8 Å². The number of anilines is 1. The lowest BCUT2D eigenvalue weighted by molar-refractivity contribution is -0.143. The number of carboxylic acid groups (broad SMARTS) is 1. The number of alkyl halides is 9. The van der Waals surface area contributed by atoms with Crippen molar-refractivity contribution in [2.45, 2.75) is 74.0 Å². The highest BCUT2D eigenvalue weighted by atomic mass is 32.2. The molecule has 2 atom stereocenters. The number of unbranched alkanes of at least 4 members (excludes halogenated alkanes) is 1. The number of aliphatic hydroxyl groups excluding tert-OH is 1. The molecule has 0 unspecified atom stereocenters. The summed E-state index contributed by atoms with van der Waals surface area (Å²) in [5.74, 6) is -2.35. The lowest BCUT2D eigenvalue weighted by atomic mass is 9.80. The fraction of sp³-hybridized carbons (Fsp3) is 0.433. The summed E-state index contributed by atoms with van der Waals surface area (Å²) >= 11 is 0. The van der Waals surface area contributed by atoms with E-state index in [-0.39, 0.29) is 43.2 Å². The van der Waals surface area contributed by atoms with Gasteiger partial charge in [0, 0.05) is 25.1 Å². The zero-order valence-corrected chi connectivity index (χ0v) is 26.2. The van der Waals surface area contributed by atoms with E-state index in [2.05, 4.69) is 9.97 Å². The van der Waals surface area contributed by atoms with Crippen LogP contribution in [0.25, 0.3) is 0 Å². The third-order valence-electron chi connectivity index (χ3n) is 8.11.